The molecule has 0 radical (unpaired) electrons. The van der Waals surface area contributed by atoms with Crippen LogP contribution in [0.25, 0.3) is 0 Å². The van der Waals surface area contributed by atoms with Gasteiger partial charge in [0.25, 0.3) is 0 Å². The van der Waals surface area contributed by atoms with Crippen LogP contribution < -0.4 is 15.2 Å². The standard InChI is InChI=1S/C16H27NO2/c1-4-7-8-14(17)11-13-9-10-15(18-5-2)16(12-13)19-6-3/h9-10,12,14H,4-8,11,17H2,1-3H3. The van der Waals surface area contributed by atoms with Crippen LogP contribution in [0.4, 0.5) is 0 Å². The highest BCUT2D eigenvalue weighted by atomic mass is 16.5. The van der Waals surface area contributed by atoms with Crippen molar-refractivity contribution in [3.05, 3.63) is 23.8 Å². The summed E-state index contributed by atoms with van der Waals surface area (Å²) in [5.41, 5.74) is 7.36. The zero-order valence-corrected chi connectivity index (χ0v) is 12.4. The molecule has 1 rings (SSSR count). The molecule has 0 aliphatic heterocycles. The fourth-order valence-corrected chi connectivity index (χ4v) is 2.09. The number of hydrogen-bond donors (Lipinski definition) is 1. The van der Waals surface area contributed by atoms with Crippen molar-refractivity contribution in [2.24, 2.45) is 5.73 Å². The lowest BCUT2D eigenvalue weighted by molar-refractivity contribution is 0.287. The molecule has 0 spiro atoms. The minimum Gasteiger partial charge on any atom is -0.490 e. The summed E-state index contributed by atoms with van der Waals surface area (Å²) in [7, 11) is 0. The molecule has 0 bridgehead atoms. The second-order valence-corrected chi connectivity index (χ2v) is 4.75. The maximum atomic E-state index is 6.14. The van der Waals surface area contributed by atoms with Gasteiger partial charge in [0.05, 0.1) is 13.2 Å². The van der Waals surface area contributed by atoms with Crippen LogP contribution in [0.15, 0.2) is 18.2 Å². The van der Waals surface area contributed by atoms with Gasteiger partial charge >= 0.3 is 0 Å². The highest BCUT2D eigenvalue weighted by molar-refractivity contribution is 5.43. The Bertz CT molecular complexity index is 366. The van der Waals surface area contributed by atoms with E-state index in [2.05, 4.69) is 19.1 Å². The number of unbranched alkanes of at least 4 members (excludes halogenated alkanes) is 1. The van der Waals surface area contributed by atoms with Crippen molar-refractivity contribution in [2.75, 3.05) is 13.2 Å². The highest BCUT2D eigenvalue weighted by Crippen LogP contribution is 2.29. The average molecular weight is 265 g/mol. The van der Waals surface area contributed by atoms with Crippen LogP contribution in [0.3, 0.4) is 0 Å². The summed E-state index contributed by atoms with van der Waals surface area (Å²) in [5.74, 6) is 1.64. The first-order chi connectivity index (χ1) is 9.21. The molecule has 0 fully saturated rings. The average Bonchev–Trinajstić information content (AvgIpc) is 2.40. The van der Waals surface area contributed by atoms with E-state index >= 15 is 0 Å². The number of rotatable bonds is 9. The van der Waals surface area contributed by atoms with Crippen molar-refractivity contribution < 1.29 is 9.47 Å². The summed E-state index contributed by atoms with van der Waals surface area (Å²) in [6.45, 7) is 7.44. The van der Waals surface area contributed by atoms with Crippen LogP contribution in [-0.2, 0) is 6.42 Å². The first-order valence-electron chi connectivity index (χ1n) is 7.35. The Labute approximate surface area is 117 Å². The van der Waals surface area contributed by atoms with E-state index in [1.165, 1.54) is 18.4 Å². The number of benzene rings is 1. The Kier molecular flexibility index (Phi) is 7.34. The molecule has 1 aromatic rings. The van der Waals surface area contributed by atoms with Crippen molar-refractivity contribution in [3.63, 3.8) is 0 Å². The van der Waals surface area contributed by atoms with Crippen LogP contribution in [0, 0.1) is 0 Å². The first kappa shape index (κ1) is 15.8. The van der Waals surface area contributed by atoms with E-state index in [1.807, 2.05) is 19.9 Å². The molecule has 0 aromatic heterocycles. The van der Waals surface area contributed by atoms with Crippen LogP contribution in [-0.4, -0.2) is 19.3 Å². The van der Waals surface area contributed by atoms with Crippen LogP contribution >= 0.6 is 0 Å². The van der Waals surface area contributed by atoms with E-state index in [-0.39, 0.29) is 6.04 Å². The lowest BCUT2D eigenvalue weighted by Gasteiger charge is -2.15. The SMILES string of the molecule is CCCCC(N)Cc1ccc(OCC)c(OCC)c1. The van der Waals surface area contributed by atoms with E-state index < -0.39 is 0 Å². The Morgan fingerprint density at radius 1 is 1.05 bits per heavy atom. The zero-order chi connectivity index (χ0) is 14.1. The number of ether oxygens (including phenoxy) is 2. The van der Waals surface area contributed by atoms with Gasteiger partial charge in [-0.05, 0) is 44.4 Å². The van der Waals surface area contributed by atoms with Gasteiger partial charge in [0, 0.05) is 6.04 Å². The van der Waals surface area contributed by atoms with Crippen molar-refractivity contribution >= 4 is 0 Å². The van der Waals surface area contributed by atoms with Gasteiger partial charge in [0.1, 0.15) is 0 Å². The molecule has 0 aliphatic carbocycles. The largest absolute Gasteiger partial charge is 0.490 e. The molecular formula is C16H27NO2. The van der Waals surface area contributed by atoms with E-state index in [9.17, 15) is 0 Å². The monoisotopic (exact) mass is 265 g/mol. The van der Waals surface area contributed by atoms with E-state index in [4.69, 9.17) is 15.2 Å². The van der Waals surface area contributed by atoms with Gasteiger partial charge in [-0.2, -0.15) is 0 Å². The summed E-state index contributed by atoms with van der Waals surface area (Å²) in [6.07, 6.45) is 4.36. The molecule has 108 valence electrons. The molecule has 0 saturated carbocycles. The van der Waals surface area contributed by atoms with Gasteiger partial charge in [-0.25, -0.2) is 0 Å². The minimum atomic E-state index is 0.229. The normalized spacial score (nSPS) is 12.2. The summed E-state index contributed by atoms with van der Waals surface area (Å²) in [5, 5.41) is 0. The quantitative estimate of drug-likeness (QED) is 0.742. The van der Waals surface area contributed by atoms with Gasteiger partial charge < -0.3 is 15.2 Å². The molecule has 0 amide bonds. The predicted octanol–water partition coefficient (Wildman–Crippen LogP) is 3.54. The number of nitrogens with two attached hydrogens (primary N) is 1. The van der Waals surface area contributed by atoms with Crippen LogP contribution in [0.5, 0.6) is 11.5 Å². The molecule has 2 N–H and O–H groups in total. The Morgan fingerprint density at radius 2 is 1.74 bits per heavy atom. The van der Waals surface area contributed by atoms with Crippen LogP contribution in [0.1, 0.15) is 45.6 Å². The lowest BCUT2D eigenvalue weighted by atomic mass is 10.0. The third-order valence-electron chi connectivity index (χ3n) is 3.03. The topological polar surface area (TPSA) is 44.5 Å². The Morgan fingerprint density at radius 3 is 2.37 bits per heavy atom. The maximum absolute atomic E-state index is 6.14. The Balaban J connectivity index is 2.71. The van der Waals surface area contributed by atoms with Gasteiger partial charge in [-0.1, -0.05) is 25.8 Å². The molecule has 0 heterocycles. The van der Waals surface area contributed by atoms with Crippen molar-refractivity contribution in [2.45, 2.75) is 52.5 Å². The summed E-state index contributed by atoms with van der Waals surface area (Å²) < 4.78 is 11.2. The zero-order valence-electron chi connectivity index (χ0n) is 12.4. The highest BCUT2D eigenvalue weighted by Gasteiger charge is 2.09. The first-order valence-corrected chi connectivity index (χ1v) is 7.35. The van der Waals surface area contributed by atoms with Gasteiger partial charge in [0.2, 0.25) is 0 Å². The Hall–Kier alpha value is -1.22. The molecule has 1 unspecified atom stereocenters. The maximum Gasteiger partial charge on any atom is 0.161 e. The molecule has 3 heteroatoms. The van der Waals surface area contributed by atoms with Gasteiger partial charge in [-0.15, -0.1) is 0 Å². The third-order valence-corrected chi connectivity index (χ3v) is 3.03. The van der Waals surface area contributed by atoms with E-state index in [0.717, 1.165) is 24.3 Å². The molecule has 1 aromatic carbocycles. The third kappa shape index (κ3) is 5.52. The fourth-order valence-electron chi connectivity index (χ4n) is 2.09. The second kappa shape index (κ2) is 8.81. The molecule has 19 heavy (non-hydrogen) atoms. The predicted molar refractivity (Wildman–Crippen MR) is 80.0 cm³/mol. The molecule has 3 nitrogen and oxygen atoms in total. The van der Waals surface area contributed by atoms with Crippen molar-refractivity contribution in [1.82, 2.24) is 0 Å². The second-order valence-electron chi connectivity index (χ2n) is 4.75. The van der Waals surface area contributed by atoms with Crippen molar-refractivity contribution in [3.8, 4) is 11.5 Å². The van der Waals surface area contributed by atoms with Gasteiger partial charge in [-0.3, -0.25) is 0 Å². The fraction of sp³-hybridized carbons (Fsp3) is 0.625. The van der Waals surface area contributed by atoms with E-state index in [0.29, 0.717) is 13.2 Å². The molecule has 0 saturated heterocycles. The van der Waals surface area contributed by atoms with Crippen molar-refractivity contribution in [1.29, 1.82) is 0 Å². The summed E-state index contributed by atoms with van der Waals surface area (Å²) in [4.78, 5) is 0. The van der Waals surface area contributed by atoms with Gasteiger partial charge in [0.15, 0.2) is 11.5 Å². The molecular weight excluding hydrogens is 238 g/mol. The molecule has 1 atom stereocenters. The summed E-state index contributed by atoms with van der Waals surface area (Å²) >= 11 is 0. The molecule has 0 aliphatic rings. The lowest BCUT2D eigenvalue weighted by Crippen LogP contribution is -2.22. The van der Waals surface area contributed by atoms with E-state index in [1.54, 1.807) is 0 Å². The smallest absolute Gasteiger partial charge is 0.161 e. The number of hydrogen-bond acceptors (Lipinski definition) is 3. The minimum absolute atomic E-state index is 0.229. The van der Waals surface area contributed by atoms with Crippen LogP contribution in [0.2, 0.25) is 0 Å². The summed E-state index contributed by atoms with van der Waals surface area (Å²) in [6, 6.07) is 6.35.